The maximum absolute atomic E-state index is 13.3. The Hall–Kier alpha value is -0.600. The first-order valence-electron chi connectivity index (χ1n) is 6.82. The Morgan fingerprint density at radius 2 is 2.11 bits per heavy atom. The molecule has 0 saturated heterocycles. The molecule has 100 valence electrons. The van der Waals surface area contributed by atoms with Crippen LogP contribution in [0.15, 0.2) is 18.2 Å². The lowest BCUT2D eigenvalue weighted by molar-refractivity contribution is 0.247. The van der Waals surface area contributed by atoms with E-state index in [0.29, 0.717) is 6.54 Å². The summed E-state index contributed by atoms with van der Waals surface area (Å²) in [6, 6.07) is 4.99. The summed E-state index contributed by atoms with van der Waals surface area (Å²) in [4.78, 5) is 0. The van der Waals surface area contributed by atoms with Crippen LogP contribution in [-0.4, -0.2) is 6.54 Å². The van der Waals surface area contributed by atoms with Gasteiger partial charge in [-0.1, -0.05) is 49.9 Å². The van der Waals surface area contributed by atoms with Crippen LogP contribution in [0.5, 0.6) is 0 Å². The maximum Gasteiger partial charge on any atom is 0.142 e. The van der Waals surface area contributed by atoms with Gasteiger partial charge in [0.05, 0.1) is 5.02 Å². The summed E-state index contributed by atoms with van der Waals surface area (Å²) >= 11 is 5.93. The Kier molecular flexibility index (Phi) is 5.02. The highest BCUT2D eigenvalue weighted by molar-refractivity contribution is 6.31. The highest BCUT2D eigenvalue weighted by atomic mass is 35.5. The molecule has 0 amide bonds. The zero-order valence-corrected chi connectivity index (χ0v) is 11.6. The number of rotatable bonds is 4. The maximum atomic E-state index is 13.3. The van der Waals surface area contributed by atoms with Gasteiger partial charge in [0.25, 0.3) is 0 Å². The highest BCUT2D eigenvalue weighted by Gasteiger charge is 2.20. The van der Waals surface area contributed by atoms with Crippen LogP contribution in [0.1, 0.15) is 38.2 Å². The van der Waals surface area contributed by atoms with E-state index in [2.05, 4.69) is 12.2 Å². The van der Waals surface area contributed by atoms with Gasteiger partial charge in [-0.2, -0.15) is 0 Å². The summed E-state index contributed by atoms with van der Waals surface area (Å²) in [6.07, 6.45) is 5.36. The van der Waals surface area contributed by atoms with Crippen LogP contribution < -0.4 is 5.32 Å². The average molecular weight is 270 g/mol. The van der Waals surface area contributed by atoms with Crippen molar-refractivity contribution in [1.29, 1.82) is 0 Å². The van der Waals surface area contributed by atoms with E-state index in [4.69, 9.17) is 11.6 Å². The minimum absolute atomic E-state index is 0.252. The number of halogens is 2. The average Bonchev–Trinajstić information content (AvgIpc) is 2.37. The zero-order chi connectivity index (χ0) is 13.0. The molecule has 1 aromatic rings. The molecule has 3 heteroatoms. The zero-order valence-electron chi connectivity index (χ0n) is 10.9. The summed E-state index contributed by atoms with van der Waals surface area (Å²) in [7, 11) is 0. The third kappa shape index (κ3) is 3.46. The van der Waals surface area contributed by atoms with Crippen LogP contribution in [-0.2, 0) is 6.54 Å². The highest BCUT2D eigenvalue weighted by Crippen LogP contribution is 2.29. The van der Waals surface area contributed by atoms with Crippen molar-refractivity contribution in [2.45, 2.75) is 39.2 Å². The first kappa shape index (κ1) is 13.8. The van der Waals surface area contributed by atoms with E-state index in [1.165, 1.54) is 31.7 Å². The third-order valence-corrected chi connectivity index (χ3v) is 4.47. The summed E-state index contributed by atoms with van der Waals surface area (Å²) in [5.41, 5.74) is 0.847. The molecule has 1 aromatic carbocycles. The number of benzene rings is 1. The monoisotopic (exact) mass is 269 g/mol. The predicted molar refractivity (Wildman–Crippen MR) is 74.2 cm³/mol. The summed E-state index contributed by atoms with van der Waals surface area (Å²) in [5.74, 6) is 1.22. The molecule has 0 heterocycles. The van der Waals surface area contributed by atoms with E-state index < -0.39 is 0 Å². The van der Waals surface area contributed by atoms with Crippen LogP contribution in [0, 0.1) is 17.7 Å². The fourth-order valence-electron chi connectivity index (χ4n) is 2.77. The van der Waals surface area contributed by atoms with Gasteiger partial charge < -0.3 is 5.32 Å². The Morgan fingerprint density at radius 1 is 1.33 bits per heavy atom. The van der Waals surface area contributed by atoms with Crippen molar-refractivity contribution in [3.63, 3.8) is 0 Å². The molecule has 18 heavy (non-hydrogen) atoms. The second-order valence-electron chi connectivity index (χ2n) is 5.37. The first-order chi connectivity index (χ1) is 8.68. The summed E-state index contributed by atoms with van der Waals surface area (Å²) in [6.45, 7) is 3.99. The fraction of sp³-hybridized carbons (Fsp3) is 0.600. The van der Waals surface area contributed by atoms with Gasteiger partial charge in [-0.3, -0.25) is 0 Å². The van der Waals surface area contributed by atoms with Gasteiger partial charge in [-0.05, 0) is 36.4 Å². The SMILES string of the molecule is CC1CCCCC1CNCc1cccc(F)c1Cl. The molecule has 0 aliphatic heterocycles. The van der Waals surface area contributed by atoms with Gasteiger partial charge in [0.1, 0.15) is 5.82 Å². The van der Waals surface area contributed by atoms with Crippen molar-refractivity contribution in [2.24, 2.45) is 11.8 Å². The van der Waals surface area contributed by atoms with Crippen molar-refractivity contribution in [3.8, 4) is 0 Å². The first-order valence-corrected chi connectivity index (χ1v) is 7.20. The van der Waals surface area contributed by atoms with Crippen LogP contribution >= 0.6 is 11.6 Å². The minimum atomic E-state index is -0.331. The quantitative estimate of drug-likeness (QED) is 0.855. The molecule has 1 aliphatic carbocycles. The topological polar surface area (TPSA) is 12.0 Å². The van der Waals surface area contributed by atoms with Gasteiger partial charge in [0, 0.05) is 6.54 Å². The molecule has 1 saturated carbocycles. The molecule has 0 bridgehead atoms. The largest absolute Gasteiger partial charge is 0.312 e. The van der Waals surface area contributed by atoms with Crippen LogP contribution in [0.3, 0.4) is 0 Å². The molecule has 2 atom stereocenters. The van der Waals surface area contributed by atoms with E-state index in [-0.39, 0.29) is 10.8 Å². The molecule has 1 fully saturated rings. The molecule has 0 spiro atoms. The molecule has 1 nitrogen and oxygen atoms in total. The smallest absolute Gasteiger partial charge is 0.142 e. The van der Waals surface area contributed by atoms with E-state index in [1.54, 1.807) is 6.07 Å². The van der Waals surface area contributed by atoms with Crippen molar-refractivity contribution in [3.05, 3.63) is 34.6 Å². The van der Waals surface area contributed by atoms with E-state index >= 15 is 0 Å². The molecule has 0 aromatic heterocycles. The lowest BCUT2D eigenvalue weighted by atomic mass is 9.80. The van der Waals surface area contributed by atoms with Gasteiger partial charge in [-0.25, -0.2) is 4.39 Å². The minimum Gasteiger partial charge on any atom is -0.312 e. The predicted octanol–water partition coefficient (Wildman–Crippen LogP) is 4.40. The van der Waals surface area contributed by atoms with Gasteiger partial charge >= 0.3 is 0 Å². The van der Waals surface area contributed by atoms with Crippen LogP contribution in [0.2, 0.25) is 5.02 Å². The van der Waals surface area contributed by atoms with Crippen molar-refractivity contribution >= 4 is 11.6 Å². The number of nitrogens with one attached hydrogen (secondary N) is 1. The van der Waals surface area contributed by atoms with Crippen LogP contribution in [0.25, 0.3) is 0 Å². The number of hydrogen-bond donors (Lipinski definition) is 1. The van der Waals surface area contributed by atoms with Crippen molar-refractivity contribution in [1.82, 2.24) is 5.32 Å². The second kappa shape index (κ2) is 6.53. The standard InChI is InChI=1S/C15H21ClFN/c1-11-5-2-3-6-12(11)9-18-10-13-7-4-8-14(17)15(13)16/h4,7-8,11-12,18H,2-3,5-6,9-10H2,1H3. The van der Waals surface area contributed by atoms with Gasteiger partial charge in [0.2, 0.25) is 0 Å². The lowest BCUT2D eigenvalue weighted by Gasteiger charge is -2.29. The molecule has 2 rings (SSSR count). The Morgan fingerprint density at radius 3 is 2.89 bits per heavy atom. The lowest BCUT2D eigenvalue weighted by Crippen LogP contribution is -2.29. The number of hydrogen-bond acceptors (Lipinski definition) is 1. The Labute approximate surface area is 114 Å². The molecule has 2 unspecified atom stereocenters. The van der Waals surface area contributed by atoms with Gasteiger partial charge in [0.15, 0.2) is 0 Å². The molecular formula is C15H21ClFN. The Bertz CT molecular complexity index is 394. The Balaban J connectivity index is 1.83. The normalized spacial score (nSPS) is 24.2. The fourth-order valence-corrected chi connectivity index (χ4v) is 2.97. The van der Waals surface area contributed by atoms with E-state index in [0.717, 1.165) is 23.9 Å². The van der Waals surface area contributed by atoms with Crippen LogP contribution in [0.4, 0.5) is 4.39 Å². The molecule has 0 radical (unpaired) electrons. The third-order valence-electron chi connectivity index (χ3n) is 4.04. The molecule has 1 N–H and O–H groups in total. The second-order valence-corrected chi connectivity index (χ2v) is 5.74. The summed E-state index contributed by atoms with van der Waals surface area (Å²) in [5, 5.41) is 3.67. The van der Waals surface area contributed by atoms with E-state index in [1.807, 2.05) is 6.07 Å². The summed E-state index contributed by atoms with van der Waals surface area (Å²) < 4.78 is 13.3. The van der Waals surface area contributed by atoms with Gasteiger partial charge in [-0.15, -0.1) is 0 Å². The van der Waals surface area contributed by atoms with Crippen molar-refractivity contribution in [2.75, 3.05) is 6.54 Å². The molecule has 1 aliphatic rings. The molecular weight excluding hydrogens is 249 g/mol. The van der Waals surface area contributed by atoms with E-state index in [9.17, 15) is 4.39 Å². The van der Waals surface area contributed by atoms with Crippen molar-refractivity contribution < 1.29 is 4.39 Å².